The Morgan fingerprint density at radius 3 is 2.65 bits per heavy atom. The molecule has 0 spiro atoms. The third kappa shape index (κ3) is 2.13. The summed E-state index contributed by atoms with van der Waals surface area (Å²) in [6, 6.07) is 5.50. The summed E-state index contributed by atoms with van der Waals surface area (Å²) >= 11 is 12.2. The van der Waals surface area contributed by atoms with Crippen molar-refractivity contribution < 1.29 is 0 Å². The summed E-state index contributed by atoms with van der Waals surface area (Å²) in [5.74, 6) is 0.768. The SMILES string of the molecule is CC(C)c1c(N)n[nH]c1-c1cccc(Cl)c1Cl. The normalized spacial score (nSPS) is 11.1. The van der Waals surface area contributed by atoms with E-state index in [1.54, 1.807) is 6.07 Å². The van der Waals surface area contributed by atoms with Crippen LogP contribution in [-0.2, 0) is 0 Å². The number of aromatic amines is 1. The number of benzene rings is 1. The molecule has 1 aromatic heterocycles. The number of nitrogens with two attached hydrogens (primary N) is 1. The molecule has 0 fully saturated rings. The summed E-state index contributed by atoms with van der Waals surface area (Å²) in [5.41, 5.74) is 8.48. The highest BCUT2D eigenvalue weighted by Crippen LogP contribution is 2.37. The molecule has 0 saturated carbocycles. The number of nitrogens with one attached hydrogen (secondary N) is 1. The van der Waals surface area contributed by atoms with Crippen LogP contribution in [0.2, 0.25) is 10.0 Å². The molecule has 0 bridgehead atoms. The van der Waals surface area contributed by atoms with Crippen molar-refractivity contribution in [3.63, 3.8) is 0 Å². The Bertz CT molecular complexity index is 547. The molecule has 2 aromatic rings. The van der Waals surface area contributed by atoms with Crippen molar-refractivity contribution >= 4 is 29.0 Å². The molecule has 0 unspecified atom stereocenters. The van der Waals surface area contributed by atoms with Crippen LogP contribution in [0.4, 0.5) is 5.82 Å². The molecule has 0 atom stereocenters. The van der Waals surface area contributed by atoms with Crippen LogP contribution in [0, 0.1) is 0 Å². The lowest BCUT2D eigenvalue weighted by atomic mass is 9.99. The van der Waals surface area contributed by atoms with Crippen LogP contribution in [0.5, 0.6) is 0 Å². The van der Waals surface area contributed by atoms with Gasteiger partial charge in [0.15, 0.2) is 0 Å². The average molecular weight is 270 g/mol. The second-order valence-electron chi connectivity index (χ2n) is 4.15. The van der Waals surface area contributed by atoms with Crippen molar-refractivity contribution in [2.75, 3.05) is 5.73 Å². The van der Waals surface area contributed by atoms with Gasteiger partial charge < -0.3 is 5.73 Å². The standard InChI is InChI=1S/C12H13Cl2N3/c1-6(2)9-11(16-17-12(9)15)7-4-3-5-8(13)10(7)14/h3-6H,1-2H3,(H3,15,16,17). The summed E-state index contributed by atoms with van der Waals surface area (Å²) < 4.78 is 0. The number of anilines is 1. The Morgan fingerprint density at radius 2 is 2.00 bits per heavy atom. The van der Waals surface area contributed by atoms with E-state index in [4.69, 9.17) is 28.9 Å². The topological polar surface area (TPSA) is 54.7 Å². The van der Waals surface area contributed by atoms with E-state index in [1.807, 2.05) is 12.1 Å². The van der Waals surface area contributed by atoms with Crippen molar-refractivity contribution in [1.29, 1.82) is 0 Å². The number of nitrogen functional groups attached to an aromatic ring is 1. The minimum Gasteiger partial charge on any atom is -0.382 e. The lowest BCUT2D eigenvalue weighted by Gasteiger charge is -2.09. The molecular formula is C12H13Cl2N3. The Labute approximate surface area is 110 Å². The maximum Gasteiger partial charge on any atom is 0.149 e. The van der Waals surface area contributed by atoms with Crippen molar-refractivity contribution in [1.82, 2.24) is 10.2 Å². The molecular weight excluding hydrogens is 257 g/mol. The first-order chi connectivity index (χ1) is 8.02. The van der Waals surface area contributed by atoms with E-state index < -0.39 is 0 Å². The lowest BCUT2D eigenvalue weighted by molar-refractivity contribution is 0.873. The predicted molar refractivity (Wildman–Crippen MR) is 72.5 cm³/mol. The van der Waals surface area contributed by atoms with Gasteiger partial charge in [0.25, 0.3) is 0 Å². The van der Waals surface area contributed by atoms with Crippen molar-refractivity contribution in [2.24, 2.45) is 0 Å². The van der Waals surface area contributed by atoms with E-state index in [9.17, 15) is 0 Å². The zero-order chi connectivity index (χ0) is 12.6. The van der Waals surface area contributed by atoms with Gasteiger partial charge in [-0.3, -0.25) is 5.10 Å². The highest BCUT2D eigenvalue weighted by atomic mass is 35.5. The number of H-pyrrole nitrogens is 1. The Hall–Kier alpha value is -1.19. The minimum absolute atomic E-state index is 0.263. The molecule has 1 aromatic carbocycles. The van der Waals surface area contributed by atoms with Crippen LogP contribution in [0.1, 0.15) is 25.3 Å². The van der Waals surface area contributed by atoms with Gasteiger partial charge in [0.05, 0.1) is 15.7 Å². The first-order valence-electron chi connectivity index (χ1n) is 5.30. The number of hydrogen-bond donors (Lipinski definition) is 2. The Morgan fingerprint density at radius 1 is 1.29 bits per heavy atom. The summed E-state index contributed by atoms with van der Waals surface area (Å²) in [6.07, 6.45) is 0. The van der Waals surface area contributed by atoms with Gasteiger partial charge in [0.1, 0.15) is 5.82 Å². The van der Waals surface area contributed by atoms with Crippen LogP contribution in [0.15, 0.2) is 18.2 Å². The number of rotatable bonds is 2. The fraction of sp³-hybridized carbons (Fsp3) is 0.250. The van der Waals surface area contributed by atoms with Gasteiger partial charge in [-0.2, -0.15) is 5.10 Å². The van der Waals surface area contributed by atoms with Crippen LogP contribution < -0.4 is 5.73 Å². The van der Waals surface area contributed by atoms with E-state index in [0.29, 0.717) is 15.9 Å². The molecule has 0 aliphatic heterocycles. The summed E-state index contributed by atoms with van der Waals surface area (Å²) in [5, 5.41) is 7.99. The molecule has 90 valence electrons. The monoisotopic (exact) mass is 269 g/mol. The molecule has 3 nitrogen and oxygen atoms in total. The van der Waals surface area contributed by atoms with Crippen molar-refractivity contribution in [3.05, 3.63) is 33.8 Å². The smallest absolute Gasteiger partial charge is 0.149 e. The third-order valence-corrected chi connectivity index (χ3v) is 3.45. The van der Waals surface area contributed by atoms with Gasteiger partial charge in [-0.25, -0.2) is 0 Å². The minimum atomic E-state index is 0.263. The molecule has 1 heterocycles. The molecule has 0 saturated heterocycles. The Kier molecular flexibility index (Phi) is 3.31. The average Bonchev–Trinajstić information content (AvgIpc) is 2.64. The molecule has 17 heavy (non-hydrogen) atoms. The highest BCUT2D eigenvalue weighted by Gasteiger charge is 2.18. The molecule has 0 radical (unpaired) electrons. The van der Waals surface area contributed by atoms with Gasteiger partial charge in [0, 0.05) is 11.1 Å². The first kappa shape index (κ1) is 12.3. The van der Waals surface area contributed by atoms with Gasteiger partial charge in [-0.05, 0) is 12.0 Å². The number of hydrogen-bond acceptors (Lipinski definition) is 2. The summed E-state index contributed by atoms with van der Waals surface area (Å²) in [7, 11) is 0. The van der Waals surface area contributed by atoms with Crippen molar-refractivity contribution in [3.8, 4) is 11.3 Å². The number of aromatic nitrogens is 2. The van der Waals surface area contributed by atoms with Gasteiger partial charge in [-0.1, -0.05) is 49.2 Å². The largest absolute Gasteiger partial charge is 0.382 e. The number of nitrogens with zero attached hydrogens (tertiary/aromatic N) is 1. The Balaban J connectivity index is 2.65. The third-order valence-electron chi connectivity index (χ3n) is 2.63. The number of halogens is 2. The molecule has 2 rings (SSSR count). The maximum atomic E-state index is 6.19. The quantitative estimate of drug-likeness (QED) is 0.863. The fourth-order valence-corrected chi connectivity index (χ4v) is 2.25. The summed E-state index contributed by atoms with van der Waals surface area (Å²) in [4.78, 5) is 0. The van der Waals surface area contributed by atoms with Gasteiger partial charge >= 0.3 is 0 Å². The van der Waals surface area contributed by atoms with Gasteiger partial charge in [-0.15, -0.1) is 0 Å². The van der Waals surface area contributed by atoms with Gasteiger partial charge in [0.2, 0.25) is 0 Å². The van der Waals surface area contributed by atoms with E-state index >= 15 is 0 Å². The molecule has 5 heteroatoms. The van der Waals surface area contributed by atoms with Crippen LogP contribution in [-0.4, -0.2) is 10.2 Å². The molecule has 0 aliphatic rings. The van der Waals surface area contributed by atoms with Crippen LogP contribution in [0.3, 0.4) is 0 Å². The highest BCUT2D eigenvalue weighted by molar-refractivity contribution is 6.43. The van der Waals surface area contributed by atoms with E-state index in [0.717, 1.165) is 16.8 Å². The molecule has 0 aliphatic carbocycles. The zero-order valence-electron chi connectivity index (χ0n) is 9.59. The van der Waals surface area contributed by atoms with Crippen molar-refractivity contribution in [2.45, 2.75) is 19.8 Å². The first-order valence-corrected chi connectivity index (χ1v) is 6.06. The second-order valence-corrected chi connectivity index (χ2v) is 4.94. The fourth-order valence-electron chi connectivity index (χ4n) is 1.85. The van der Waals surface area contributed by atoms with E-state index in [2.05, 4.69) is 24.0 Å². The molecule has 0 amide bonds. The summed E-state index contributed by atoms with van der Waals surface area (Å²) in [6.45, 7) is 4.12. The lowest BCUT2D eigenvalue weighted by Crippen LogP contribution is -1.95. The molecule has 3 N–H and O–H groups in total. The zero-order valence-corrected chi connectivity index (χ0v) is 11.1. The van der Waals surface area contributed by atoms with E-state index in [-0.39, 0.29) is 5.92 Å². The van der Waals surface area contributed by atoms with Crippen LogP contribution >= 0.6 is 23.2 Å². The second kappa shape index (κ2) is 4.59. The van der Waals surface area contributed by atoms with Crippen LogP contribution in [0.25, 0.3) is 11.3 Å². The van der Waals surface area contributed by atoms with E-state index in [1.165, 1.54) is 0 Å². The maximum absolute atomic E-state index is 6.19. The predicted octanol–water partition coefficient (Wildman–Crippen LogP) is 4.09.